The minimum Gasteiger partial charge on any atom is -0.468 e. The number of allylic oxidation sites excluding steroid dienone is 1. The molecule has 0 spiro atoms. The lowest BCUT2D eigenvalue weighted by atomic mass is 9.83. The molecule has 2 atom stereocenters. The minimum absolute atomic E-state index is 0.00772. The van der Waals surface area contributed by atoms with Crippen molar-refractivity contribution < 1.29 is 32.4 Å². The number of esters is 2. The molecular formula is C17H19NO8S. The van der Waals surface area contributed by atoms with Crippen LogP contribution in [0.2, 0.25) is 0 Å². The monoisotopic (exact) mass is 397 g/mol. The number of nitrogens with zero attached hydrogens (tertiary/aromatic N) is 1. The predicted molar refractivity (Wildman–Crippen MR) is 94.0 cm³/mol. The van der Waals surface area contributed by atoms with Gasteiger partial charge in [-0.2, -0.15) is 0 Å². The molecule has 0 aromatic heterocycles. The summed E-state index contributed by atoms with van der Waals surface area (Å²) in [6.45, 7) is 1.33. The van der Waals surface area contributed by atoms with Crippen LogP contribution in [0, 0.1) is 16.0 Å². The van der Waals surface area contributed by atoms with Gasteiger partial charge in [-0.25, -0.2) is 8.42 Å². The van der Waals surface area contributed by atoms with Gasteiger partial charge in [0.1, 0.15) is 5.75 Å². The summed E-state index contributed by atoms with van der Waals surface area (Å²) < 4.78 is 34.9. The first-order valence-electron chi connectivity index (χ1n) is 7.93. The van der Waals surface area contributed by atoms with Crippen molar-refractivity contribution >= 4 is 21.8 Å². The Hall–Kier alpha value is -2.75. The maximum Gasteiger partial charge on any atom is 0.321 e. The van der Waals surface area contributed by atoms with Gasteiger partial charge in [-0.15, -0.1) is 0 Å². The van der Waals surface area contributed by atoms with E-state index in [0.717, 1.165) is 14.2 Å². The molecule has 1 aromatic rings. The molecule has 0 bridgehead atoms. The zero-order chi connectivity index (χ0) is 20.4. The minimum atomic E-state index is -4.08. The van der Waals surface area contributed by atoms with E-state index in [1.54, 1.807) is 30.3 Å². The summed E-state index contributed by atoms with van der Waals surface area (Å²) in [5, 5.41) is 11.3. The van der Waals surface area contributed by atoms with Gasteiger partial charge in [0.25, 0.3) is 0 Å². The Kier molecular flexibility index (Phi) is 5.99. The van der Waals surface area contributed by atoms with E-state index in [1.807, 2.05) is 0 Å². The van der Waals surface area contributed by atoms with Gasteiger partial charge >= 0.3 is 11.9 Å². The summed E-state index contributed by atoms with van der Waals surface area (Å²) in [5.41, 5.74) is 0.326. The van der Waals surface area contributed by atoms with Gasteiger partial charge < -0.3 is 9.47 Å². The summed E-state index contributed by atoms with van der Waals surface area (Å²) in [6.07, 6.45) is 0. The summed E-state index contributed by atoms with van der Waals surface area (Å²) >= 11 is 0. The van der Waals surface area contributed by atoms with Crippen molar-refractivity contribution in [1.29, 1.82) is 0 Å². The predicted octanol–water partition coefficient (Wildman–Crippen LogP) is 1.08. The third kappa shape index (κ3) is 3.85. The molecule has 10 heteroatoms. The summed E-state index contributed by atoms with van der Waals surface area (Å²) in [7, 11) is -1.96. The first-order valence-corrected chi connectivity index (χ1v) is 9.58. The lowest BCUT2D eigenvalue weighted by molar-refractivity contribution is -0.505. The van der Waals surface area contributed by atoms with Crippen LogP contribution in [0.5, 0.6) is 0 Å². The lowest BCUT2D eigenvalue weighted by Gasteiger charge is -2.25. The summed E-state index contributed by atoms with van der Waals surface area (Å²) in [6, 6.07) is 6.53. The molecule has 0 saturated heterocycles. The molecule has 1 aliphatic rings. The normalized spacial score (nSPS) is 19.6. The van der Waals surface area contributed by atoms with Gasteiger partial charge in [0.2, 0.25) is 6.04 Å². The number of benzene rings is 1. The average Bonchev–Trinajstić information content (AvgIpc) is 2.88. The number of carbonyl (C=O) groups excluding carboxylic acids is 2. The topological polar surface area (TPSA) is 130 Å². The van der Waals surface area contributed by atoms with E-state index >= 15 is 0 Å². The quantitative estimate of drug-likeness (QED) is 0.302. The standard InChI is InChI=1S/C17H19NO8S/c1-10-12(18(21)22)9-27(23,24)15(10)13(11-7-5-4-6-8-11)14(16(19)25-2)17(20)26-3/h4-8,12-14H,9H2,1-3H3/t12-,13+/m1/s1. The molecule has 1 aromatic carbocycles. The van der Waals surface area contributed by atoms with E-state index in [1.165, 1.54) is 6.92 Å². The summed E-state index contributed by atoms with van der Waals surface area (Å²) in [4.78, 5) is 35.0. The Labute approximate surface area is 156 Å². The first kappa shape index (κ1) is 20.6. The number of carbonyl (C=O) groups is 2. The van der Waals surface area contributed by atoms with Crippen LogP contribution in [0.4, 0.5) is 0 Å². The van der Waals surface area contributed by atoms with Crippen LogP contribution < -0.4 is 0 Å². The molecule has 0 amide bonds. The van der Waals surface area contributed by atoms with Crippen LogP contribution >= 0.6 is 0 Å². The second-order valence-electron chi connectivity index (χ2n) is 6.04. The van der Waals surface area contributed by atoms with Gasteiger partial charge in [-0.1, -0.05) is 30.3 Å². The number of methoxy groups -OCH3 is 2. The van der Waals surface area contributed by atoms with Crippen LogP contribution in [0.25, 0.3) is 0 Å². The second kappa shape index (κ2) is 7.87. The Balaban J connectivity index is 2.79. The van der Waals surface area contributed by atoms with Crippen LogP contribution in [0.15, 0.2) is 40.8 Å². The molecule has 0 unspecified atom stereocenters. The Morgan fingerprint density at radius 3 is 2.07 bits per heavy atom. The molecule has 2 rings (SSSR count). The van der Waals surface area contributed by atoms with Crippen molar-refractivity contribution in [3.63, 3.8) is 0 Å². The Morgan fingerprint density at radius 1 is 1.15 bits per heavy atom. The van der Waals surface area contributed by atoms with Crippen LogP contribution in [0.1, 0.15) is 18.4 Å². The highest BCUT2D eigenvalue weighted by Gasteiger charge is 2.51. The van der Waals surface area contributed by atoms with Gasteiger partial charge in [-0.3, -0.25) is 19.7 Å². The lowest BCUT2D eigenvalue weighted by Crippen LogP contribution is -2.34. The highest BCUT2D eigenvalue weighted by atomic mass is 32.2. The Bertz CT molecular complexity index is 875. The average molecular weight is 397 g/mol. The largest absolute Gasteiger partial charge is 0.468 e. The fourth-order valence-corrected chi connectivity index (χ4v) is 5.52. The van der Waals surface area contributed by atoms with Gasteiger partial charge in [0.15, 0.2) is 15.8 Å². The van der Waals surface area contributed by atoms with E-state index in [-0.39, 0.29) is 10.5 Å². The van der Waals surface area contributed by atoms with Gasteiger partial charge in [0, 0.05) is 16.4 Å². The van der Waals surface area contributed by atoms with Gasteiger partial charge in [0.05, 0.1) is 19.1 Å². The fraction of sp³-hybridized carbons (Fsp3) is 0.412. The van der Waals surface area contributed by atoms with Crippen molar-refractivity contribution in [2.45, 2.75) is 18.9 Å². The Morgan fingerprint density at radius 2 is 1.67 bits per heavy atom. The van der Waals surface area contributed by atoms with Crippen molar-refractivity contribution in [3.05, 3.63) is 56.5 Å². The van der Waals surface area contributed by atoms with Crippen LogP contribution in [0.3, 0.4) is 0 Å². The first-order chi connectivity index (χ1) is 12.7. The van der Waals surface area contributed by atoms with E-state index in [9.17, 15) is 28.1 Å². The van der Waals surface area contributed by atoms with Crippen LogP contribution in [-0.2, 0) is 28.9 Å². The molecule has 0 aliphatic carbocycles. The maximum absolute atomic E-state index is 12.8. The molecule has 27 heavy (non-hydrogen) atoms. The fourth-order valence-electron chi connectivity index (χ4n) is 3.27. The number of sulfone groups is 1. The molecule has 0 saturated carbocycles. The molecule has 0 fully saturated rings. The van der Waals surface area contributed by atoms with Crippen molar-refractivity contribution in [2.24, 2.45) is 5.92 Å². The number of hydrogen-bond acceptors (Lipinski definition) is 8. The molecule has 1 aliphatic heterocycles. The molecule has 1 heterocycles. The van der Waals surface area contributed by atoms with E-state index in [4.69, 9.17) is 0 Å². The van der Waals surface area contributed by atoms with Crippen molar-refractivity contribution in [1.82, 2.24) is 0 Å². The van der Waals surface area contributed by atoms with Crippen molar-refractivity contribution in [2.75, 3.05) is 20.0 Å². The number of ether oxygens (including phenoxy) is 2. The maximum atomic E-state index is 12.8. The molecule has 0 radical (unpaired) electrons. The summed E-state index contributed by atoms with van der Waals surface area (Å²) in [5.74, 6) is -5.61. The van der Waals surface area contributed by atoms with Crippen molar-refractivity contribution in [3.8, 4) is 0 Å². The number of rotatable bonds is 6. The highest BCUT2D eigenvalue weighted by molar-refractivity contribution is 7.95. The smallest absolute Gasteiger partial charge is 0.321 e. The SMILES string of the molecule is COC(=O)C(C(=O)OC)[C@@H](C1=C(C)[C@H]([N+](=O)[O-])CS1(=O)=O)c1ccccc1. The van der Waals surface area contributed by atoms with E-state index in [0.29, 0.717) is 5.56 Å². The van der Waals surface area contributed by atoms with E-state index in [2.05, 4.69) is 9.47 Å². The molecule has 0 N–H and O–H groups in total. The highest BCUT2D eigenvalue weighted by Crippen LogP contribution is 2.43. The van der Waals surface area contributed by atoms with Crippen LogP contribution in [-0.4, -0.2) is 51.3 Å². The second-order valence-corrected chi connectivity index (χ2v) is 8.04. The third-order valence-electron chi connectivity index (χ3n) is 4.54. The zero-order valence-corrected chi connectivity index (χ0v) is 15.8. The zero-order valence-electron chi connectivity index (χ0n) is 14.9. The molecule has 9 nitrogen and oxygen atoms in total. The number of nitro groups is 1. The third-order valence-corrected chi connectivity index (χ3v) is 6.54. The number of hydrogen-bond donors (Lipinski definition) is 0. The molecular weight excluding hydrogens is 378 g/mol. The van der Waals surface area contributed by atoms with Gasteiger partial charge in [-0.05, 0) is 12.5 Å². The van der Waals surface area contributed by atoms with E-state index < -0.39 is 50.3 Å². The molecule has 146 valence electrons.